The van der Waals surface area contributed by atoms with E-state index in [0.29, 0.717) is 6.04 Å². The minimum Gasteiger partial charge on any atom is -0.383 e. The highest BCUT2D eigenvalue weighted by atomic mass is 14.9. The zero-order valence-corrected chi connectivity index (χ0v) is 27.1. The van der Waals surface area contributed by atoms with E-state index in [9.17, 15) is 0 Å². The van der Waals surface area contributed by atoms with E-state index in [-0.39, 0.29) is 0 Å². The topological polar surface area (TPSA) is 12.0 Å². The van der Waals surface area contributed by atoms with Gasteiger partial charge in [0.15, 0.2) is 0 Å². The third-order valence-electron chi connectivity index (χ3n) is 8.88. The Morgan fingerprint density at radius 1 is 0.436 bits per heavy atom. The van der Waals surface area contributed by atoms with E-state index in [2.05, 4.69) is 56.4 Å². The molecule has 0 aliphatic rings. The SMILES string of the molecule is CCCCCCCCCCCCCCCCCCCC(CCCCCCCC)CCC(C)Nc1ccccc1. The molecule has 39 heavy (non-hydrogen) atoms. The maximum Gasteiger partial charge on any atom is 0.0342 e. The molecule has 2 unspecified atom stereocenters. The Morgan fingerprint density at radius 3 is 1.18 bits per heavy atom. The van der Waals surface area contributed by atoms with Crippen molar-refractivity contribution in [1.29, 1.82) is 0 Å². The van der Waals surface area contributed by atoms with Crippen molar-refractivity contribution < 1.29 is 0 Å². The Bertz CT molecular complexity index is 582. The number of para-hydroxylation sites is 1. The van der Waals surface area contributed by atoms with E-state index in [1.54, 1.807) is 0 Å². The smallest absolute Gasteiger partial charge is 0.0342 e. The van der Waals surface area contributed by atoms with Crippen molar-refractivity contribution in [3.8, 4) is 0 Å². The average molecular weight is 542 g/mol. The second-order valence-electron chi connectivity index (χ2n) is 12.9. The first-order valence-corrected chi connectivity index (χ1v) is 18.1. The van der Waals surface area contributed by atoms with Crippen molar-refractivity contribution in [2.45, 2.75) is 200 Å². The quantitative estimate of drug-likeness (QED) is 0.0955. The van der Waals surface area contributed by atoms with Crippen LogP contribution in [0, 0.1) is 5.92 Å². The summed E-state index contributed by atoms with van der Waals surface area (Å²) in [6, 6.07) is 11.3. The van der Waals surface area contributed by atoms with E-state index in [1.807, 2.05) is 0 Å². The number of benzene rings is 1. The van der Waals surface area contributed by atoms with Gasteiger partial charge in [0.25, 0.3) is 0 Å². The second kappa shape index (κ2) is 28.5. The van der Waals surface area contributed by atoms with E-state index in [0.717, 1.165) is 5.92 Å². The molecule has 1 nitrogen and oxygen atoms in total. The zero-order valence-electron chi connectivity index (χ0n) is 27.1. The van der Waals surface area contributed by atoms with Gasteiger partial charge in [-0.05, 0) is 37.8 Å². The molecule has 0 aliphatic carbocycles. The third-order valence-corrected chi connectivity index (χ3v) is 8.88. The molecule has 0 aromatic heterocycles. The monoisotopic (exact) mass is 542 g/mol. The number of rotatable bonds is 30. The summed E-state index contributed by atoms with van der Waals surface area (Å²) in [6.07, 6.45) is 39.1. The predicted molar refractivity (Wildman–Crippen MR) is 179 cm³/mol. The summed E-state index contributed by atoms with van der Waals surface area (Å²) < 4.78 is 0. The molecule has 228 valence electrons. The lowest BCUT2D eigenvalue weighted by Gasteiger charge is -2.21. The Morgan fingerprint density at radius 2 is 0.795 bits per heavy atom. The van der Waals surface area contributed by atoms with Crippen molar-refractivity contribution in [3.63, 3.8) is 0 Å². The molecule has 1 N–H and O–H groups in total. The van der Waals surface area contributed by atoms with E-state index in [4.69, 9.17) is 0 Å². The highest BCUT2D eigenvalue weighted by molar-refractivity contribution is 5.43. The molecule has 0 spiro atoms. The van der Waals surface area contributed by atoms with Crippen molar-refractivity contribution in [3.05, 3.63) is 30.3 Å². The van der Waals surface area contributed by atoms with Crippen LogP contribution in [0.25, 0.3) is 0 Å². The molecule has 0 radical (unpaired) electrons. The summed E-state index contributed by atoms with van der Waals surface area (Å²) in [5.41, 5.74) is 1.27. The molecule has 1 aromatic rings. The minimum absolute atomic E-state index is 0.565. The highest BCUT2D eigenvalue weighted by Crippen LogP contribution is 2.25. The molecule has 1 rings (SSSR count). The fourth-order valence-corrected chi connectivity index (χ4v) is 6.18. The number of hydrogen-bond acceptors (Lipinski definition) is 1. The van der Waals surface area contributed by atoms with Crippen LogP contribution in [0.5, 0.6) is 0 Å². The van der Waals surface area contributed by atoms with Crippen LogP contribution in [-0.2, 0) is 0 Å². The van der Waals surface area contributed by atoms with Gasteiger partial charge in [-0.25, -0.2) is 0 Å². The maximum atomic E-state index is 3.71. The van der Waals surface area contributed by atoms with Crippen molar-refractivity contribution >= 4 is 5.69 Å². The summed E-state index contributed by atoms with van der Waals surface area (Å²) in [4.78, 5) is 0. The van der Waals surface area contributed by atoms with Crippen molar-refractivity contribution in [2.75, 3.05) is 5.32 Å². The fraction of sp³-hybridized carbons (Fsp3) is 0.842. The second-order valence-corrected chi connectivity index (χ2v) is 12.9. The fourth-order valence-electron chi connectivity index (χ4n) is 6.18. The van der Waals surface area contributed by atoms with Gasteiger partial charge in [0.1, 0.15) is 0 Å². The molecule has 0 bridgehead atoms. The summed E-state index contributed by atoms with van der Waals surface area (Å²) in [6.45, 7) is 6.99. The standard InChI is InChI=1S/C38H71N/c1-4-6-8-10-12-13-14-15-16-17-18-19-20-21-22-24-27-31-37(30-26-23-11-9-7-5-2)35-34-36(3)39-38-32-28-25-29-33-38/h25,28-29,32-33,36-37,39H,4-24,26-27,30-31,34-35H2,1-3H3. The van der Waals surface area contributed by atoms with Gasteiger partial charge in [-0.2, -0.15) is 0 Å². The lowest BCUT2D eigenvalue weighted by atomic mass is 9.89. The summed E-state index contributed by atoms with van der Waals surface area (Å²) in [7, 11) is 0. The average Bonchev–Trinajstić information content (AvgIpc) is 2.95. The van der Waals surface area contributed by atoms with Gasteiger partial charge in [-0.3, -0.25) is 0 Å². The van der Waals surface area contributed by atoms with Crippen LogP contribution < -0.4 is 5.32 Å². The zero-order chi connectivity index (χ0) is 28.1. The van der Waals surface area contributed by atoms with Gasteiger partial charge in [0, 0.05) is 11.7 Å². The molecule has 0 aliphatic heterocycles. The number of anilines is 1. The molecule has 0 fully saturated rings. The third kappa shape index (κ3) is 24.5. The molecule has 1 aromatic carbocycles. The molecule has 2 atom stereocenters. The highest BCUT2D eigenvalue weighted by Gasteiger charge is 2.11. The van der Waals surface area contributed by atoms with Crippen LogP contribution in [0.2, 0.25) is 0 Å². The minimum atomic E-state index is 0.565. The van der Waals surface area contributed by atoms with Gasteiger partial charge in [0.05, 0.1) is 0 Å². The Labute approximate surface area is 247 Å². The molecule has 0 saturated heterocycles. The molecule has 0 saturated carbocycles. The van der Waals surface area contributed by atoms with Gasteiger partial charge in [-0.15, -0.1) is 0 Å². The first kappa shape index (κ1) is 36.0. The number of unbranched alkanes of at least 4 members (excludes halogenated alkanes) is 21. The van der Waals surface area contributed by atoms with Crippen LogP contribution >= 0.6 is 0 Å². The summed E-state index contributed by atoms with van der Waals surface area (Å²) >= 11 is 0. The first-order chi connectivity index (χ1) is 19.3. The van der Waals surface area contributed by atoms with Crippen LogP contribution in [0.3, 0.4) is 0 Å². The van der Waals surface area contributed by atoms with Gasteiger partial charge < -0.3 is 5.32 Å². The lowest BCUT2D eigenvalue weighted by molar-refractivity contribution is 0.366. The van der Waals surface area contributed by atoms with Crippen LogP contribution in [0.1, 0.15) is 194 Å². The number of nitrogens with one attached hydrogen (secondary N) is 1. The molecule has 1 heteroatoms. The van der Waals surface area contributed by atoms with Gasteiger partial charge >= 0.3 is 0 Å². The van der Waals surface area contributed by atoms with E-state index in [1.165, 1.54) is 179 Å². The molecular weight excluding hydrogens is 470 g/mol. The van der Waals surface area contributed by atoms with Gasteiger partial charge in [0.2, 0.25) is 0 Å². The van der Waals surface area contributed by atoms with Gasteiger partial charge in [-0.1, -0.05) is 193 Å². The largest absolute Gasteiger partial charge is 0.383 e. The summed E-state index contributed by atoms with van der Waals surface area (Å²) in [5.74, 6) is 0.938. The first-order valence-electron chi connectivity index (χ1n) is 18.1. The number of hydrogen-bond donors (Lipinski definition) is 1. The molecule has 0 amide bonds. The Balaban J connectivity index is 2.06. The normalized spacial score (nSPS) is 13.0. The van der Waals surface area contributed by atoms with Crippen LogP contribution in [0.15, 0.2) is 30.3 Å². The molecular formula is C38H71N. The van der Waals surface area contributed by atoms with E-state index < -0.39 is 0 Å². The van der Waals surface area contributed by atoms with E-state index >= 15 is 0 Å². The van der Waals surface area contributed by atoms with Crippen LogP contribution in [0.4, 0.5) is 5.69 Å². The summed E-state index contributed by atoms with van der Waals surface area (Å²) in [5, 5.41) is 3.71. The predicted octanol–water partition coefficient (Wildman–Crippen LogP) is 13.7. The van der Waals surface area contributed by atoms with Crippen LogP contribution in [-0.4, -0.2) is 6.04 Å². The molecule has 0 heterocycles. The lowest BCUT2D eigenvalue weighted by Crippen LogP contribution is -2.16. The Kier molecular flexibility index (Phi) is 26.4. The van der Waals surface area contributed by atoms with Crippen molar-refractivity contribution in [1.82, 2.24) is 0 Å². The van der Waals surface area contributed by atoms with Crippen molar-refractivity contribution in [2.24, 2.45) is 5.92 Å². The Hall–Kier alpha value is -0.980. The maximum absolute atomic E-state index is 3.71.